The molecule has 0 aromatic heterocycles. The third-order valence-corrected chi connectivity index (χ3v) is 8.39. The number of carbonyl (C=O) groups is 2. The lowest BCUT2D eigenvalue weighted by Crippen LogP contribution is -2.40. The molecule has 46 heavy (non-hydrogen) atoms. The molecule has 0 bridgehead atoms. The molecule has 4 aromatic carbocycles. The lowest BCUT2D eigenvalue weighted by atomic mass is 10.1. The lowest BCUT2D eigenvalue weighted by Gasteiger charge is -2.29. The van der Waals surface area contributed by atoms with E-state index in [9.17, 15) is 9.59 Å². The van der Waals surface area contributed by atoms with E-state index in [-0.39, 0.29) is 11.8 Å². The summed E-state index contributed by atoms with van der Waals surface area (Å²) in [5.41, 5.74) is 3.10. The van der Waals surface area contributed by atoms with Crippen molar-refractivity contribution in [1.29, 1.82) is 0 Å². The van der Waals surface area contributed by atoms with Crippen LogP contribution in [0.15, 0.2) is 106 Å². The molecule has 2 amide bonds. The summed E-state index contributed by atoms with van der Waals surface area (Å²) in [6, 6.07) is 30.7. The third-order valence-electron chi connectivity index (χ3n) is 7.15. The Labute approximate surface area is 290 Å². The summed E-state index contributed by atoms with van der Waals surface area (Å²) < 4.78 is 13.3. The lowest BCUT2D eigenvalue weighted by molar-refractivity contribution is 0.0644. The van der Waals surface area contributed by atoms with E-state index in [0.717, 1.165) is 20.1 Å². The minimum atomic E-state index is -0.124. The summed E-state index contributed by atoms with van der Waals surface area (Å²) in [6.45, 7) is 11.0. The van der Waals surface area contributed by atoms with Crippen LogP contribution in [0.3, 0.4) is 0 Å². The standard InChI is InChI=1S/C38H42Br2N2O4/c1-27(2)25-45-35-17-15-31(21-33(35)39)37(43)41(23-29-11-7-5-8-12-29)19-20-42(24-30-13-9-6-10-14-30)38(44)32-16-18-36(34(40)22-32)46-26-28(3)4/h5-18,21-22,27-28H,19-20,23-26H2,1-4H3. The van der Waals surface area contributed by atoms with Gasteiger partial charge >= 0.3 is 0 Å². The average Bonchev–Trinajstić information content (AvgIpc) is 3.05. The van der Waals surface area contributed by atoms with Crippen LogP contribution < -0.4 is 9.47 Å². The Morgan fingerprint density at radius 1 is 0.587 bits per heavy atom. The topological polar surface area (TPSA) is 59.1 Å². The molecular formula is C38H42Br2N2O4. The van der Waals surface area contributed by atoms with Gasteiger partial charge in [0.1, 0.15) is 11.5 Å². The molecule has 4 aromatic rings. The molecule has 0 aliphatic heterocycles. The Hall–Kier alpha value is -3.62. The van der Waals surface area contributed by atoms with Gasteiger partial charge in [0, 0.05) is 37.3 Å². The highest BCUT2D eigenvalue weighted by atomic mass is 79.9. The van der Waals surface area contributed by atoms with Gasteiger partial charge in [-0.3, -0.25) is 9.59 Å². The average molecular weight is 751 g/mol. The number of hydrogen-bond donors (Lipinski definition) is 0. The molecule has 0 saturated carbocycles. The van der Waals surface area contributed by atoms with Gasteiger partial charge in [0.15, 0.2) is 0 Å². The summed E-state index contributed by atoms with van der Waals surface area (Å²) >= 11 is 7.18. The van der Waals surface area contributed by atoms with Crippen LogP contribution in [0.25, 0.3) is 0 Å². The van der Waals surface area contributed by atoms with Crippen molar-refractivity contribution < 1.29 is 19.1 Å². The maximum atomic E-state index is 14.0. The fourth-order valence-electron chi connectivity index (χ4n) is 4.73. The van der Waals surface area contributed by atoms with Crippen LogP contribution >= 0.6 is 31.9 Å². The fraction of sp³-hybridized carbons (Fsp3) is 0.316. The Kier molecular flexibility index (Phi) is 13.3. The number of rotatable bonds is 15. The van der Waals surface area contributed by atoms with E-state index in [4.69, 9.17) is 9.47 Å². The first kappa shape index (κ1) is 35.2. The molecule has 0 unspecified atom stereocenters. The van der Waals surface area contributed by atoms with Crippen molar-refractivity contribution in [3.63, 3.8) is 0 Å². The van der Waals surface area contributed by atoms with Crippen LogP contribution in [0.4, 0.5) is 0 Å². The molecular weight excluding hydrogens is 708 g/mol. The molecule has 0 aliphatic rings. The van der Waals surface area contributed by atoms with Gasteiger partial charge in [-0.1, -0.05) is 88.4 Å². The molecule has 0 N–H and O–H groups in total. The molecule has 0 atom stereocenters. The molecule has 6 nitrogen and oxygen atoms in total. The molecule has 0 radical (unpaired) electrons. The van der Waals surface area contributed by atoms with Crippen molar-refractivity contribution in [2.45, 2.75) is 40.8 Å². The van der Waals surface area contributed by atoms with Gasteiger partial charge < -0.3 is 19.3 Å². The number of ether oxygens (including phenoxy) is 2. The van der Waals surface area contributed by atoms with E-state index < -0.39 is 0 Å². The predicted molar refractivity (Wildman–Crippen MR) is 191 cm³/mol. The van der Waals surface area contributed by atoms with E-state index >= 15 is 0 Å². The van der Waals surface area contributed by atoms with Gasteiger partial charge in [0.25, 0.3) is 11.8 Å². The highest BCUT2D eigenvalue weighted by Gasteiger charge is 2.23. The first-order chi connectivity index (χ1) is 22.1. The van der Waals surface area contributed by atoms with E-state index in [1.54, 1.807) is 21.9 Å². The SMILES string of the molecule is CC(C)COc1ccc(C(=O)N(CCN(Cc2ccccc2)C(=O)c2ccc(OCC(C)C)c(Br)c2)Cc2ccccc2)cc1Br. The Morgan fingerprint density at radius 2 is 0.957 bits per heavy atom. The van der Waals surface area contributed by atoms with Crippen LogP contribution in [0.1, 0.15) is 59.5 Å². The van der Waals surface area contributed by atoms with E-state index in [1.165, 1.54) is 0 Å². The summed E-state index contributed by atoms with van der Waals surface area (Å²) in [5, 5.41) is 0. The molecule has 0 heterocycles. The Morgan fingerprint density at radius 3 is 1.28 bits per heavy atom. The zero-order chi connectivity index (χ0) is 33.1. The maximum Gasteiger partial charge on any atom is 0.254 e. The van der Waals surface area contributed by atoms with Gasteiger partial charge in [0.05, 0.1) is 22.2 Å². The second kappa shape index (κ2) is 17.3. The molecule has 8 heteroatoms. The number of nitrogens with zero attached hydrogens (tertiary/aromatic N) is 2. The quantitative estimate of drug-likeness (QED) is 0.122. The monoisotopic (exact) mass is 748 g/mol. The van der Waals surface area contributed by atoms with Gasteiger partial charge in [-0.2, -0.15) is 0 Å². The highest BCUT2D eigenvalue weighted by Crippen LogP contribution is 2.29. The van der Waals surface area contributed by atoms with Crippen molar-refractivity contribution in [2.75, 3.05) is 26.3 Å². The van der Waals surface area contributed by atoms with Gasteiger partial charge in [0.2, 0.25) is 0 Å². The van der Waals surface area contributed by atoms with E-state index in [1.807, 2.05) is 84.9 Å². The van der Waals surface area contributed by atoms with Gasteiger partial charge in [-0.25, -0.2) is 0 Å². The zero-order valence-electron chi connectivity index (χ0n) is 26.9. The molecule has 0 spiro atoms. The molecule has 0 saturated heterocycles. The summed E-state index contributed by atoms with van der Waals surface area (Å²) in [5.74, 6) is 1.92. The van der Waals surface area contributed by atoms with Crippen molar-refractivity contribution >= 4 is 43.7 Å². The van der Waals surface area contributed by atoms with Crippen molar-refractivity contribution in [3.05, 3.63) is 128 Å². The van der Waals surface area contributed by atoms with E-state index in [0.29, 0.717) is 73.9 Å². The van der Waals surface area contributed by atoms with E-state index in [2.05, 4.69) is 59.6 Å². The van der Waals surface area contributed by atoms with Crippen LogP contribution in [-0.2, 0) is 13.1 Å². The molecule has 0 aliphatic carbocycles. The smallest absolute Gasteiger partial charge is 0.254 e. The van der Waals surface area contributed by atoms with Crippen molar-refractivity contribution in [2.24, 2.45) is 11.8 Å². The van der Waals surface area contributed by atoms with Gasteiger partial charge in [-0.15, -0.1) is 0 Å². The third kappa shape index (κ3) is 10.5. The van der Waals surface area contributed by atoms with Crippen LogP contribution in [0.5, 0.6) is 11.5 Å². The molecule has 242 valence electrons. The van der Waals surface area contributed by atoms with Crippen molar-refractivity contribution in [1.82, 2.24) is 9.80 Å². The summed E-state index contributed by atoms with van der Waals surface area (Å²) in [4.78, 5) is 31.6. The van der Waals surface area contributed by atoms with Crippen LogP contribution in [0, 0.1) is 11.8 Å². The minimum Gasteiger partial charge on any atom is -0.492 e. The fourth-order valence-corrected chi connectivity index (χ4v) is 5.72. The number of halogens is 2. The Bertz CT molecular complexity index is 1460. The maximum absolute atomic E-state index is 14.0. The minimum absolute atomic E-state index is 0.124. The predicted octanol–water partition coefficient (Wildman–Crippen LogP) is 9.27. The zero-order valence-corrected chi connectivity index (χ0v) is 30.1. The second-order valence-electron chi connectivity index (χ2n) is 12.1. The van der Waals surface area contributed by atoms with Crippen molar-refractivity contribution in [3.8, 4) is 11.5 Å². The normalized spacial score (nSPS) is 11.0. The van der Waals surface area contributed by atoms with Crippen LogP contribution in [0.2, 0.25) is 0 Å². The summed E-state index contributed by atoms with van der Waals surface area (Å²) in [6.07, 6.45) is 0. The molecule has 4 rings (SSSR count). The number of carbonyl (C=O) groups excluding carboxylic acids is 2. The van der Waals surface area contributed by atoms with Gasteiger partial charge in [-0.05, 0) is 91.2 Å². The first-order valence-electron chi connectivity index (χ1n) is 15.6. The number of benzene rings is 4. The summed E-state index contributed by atoms with van der Waals surface area (Å²) in [7, 11) is 0. The van der Waals surface area contributed by atoms with Crippen LogP contribution in [-0.4, -0.2) is 47.9 Å². The highest BCUT2D eigenvalue weighted by molar-refractivity contribution is 9.10. The number of amides is 2. The molecule has 0 fully saturated rings. The second-order valence-corrected chi connectivity index (χ2v) is 13.8. The Balaban J connectivity index is 1.59. The largest absolute Gasteiger partial charge is 0.492 e. The first-order valence-corrected chi connectivity index (χ1v) is 17.2. The number of hydrogen-bond acceptors (Lipinski definition) is 4.